The SMILES string of the molecule is Fc1ccc2cnccc2c1CN[C@@H]1CC[C@H]1Oc1nc2ccccc2s1. The van der Waals surface area contributed by atoms with E-state index in [0.717, 1.165) is 33.8 Å². The van der Waals surface area contributed by atoms with Gasteiger partial charge in [-0.1, -0.05) is 23.5 Å². The van der Waals surface area contributed by atoms with Crippen LogP contribution >= 0.6 is 11.3 Å². The Balaban J connectivity index is 1.29. The van der Waals surface area contributed by atoms with Gasteiger partial charge in [-0.25, -0.2) is 9.37 Å². The van der Waals surface area contributed by atoms with Crippen LogP contribution in [0, 0.1) is 5.82 Å². The minimum absolute atomic E-state index is 0.0743. The molecule has 1 fully saturated rings. The molecule has 2 heterocycles. The van der Waals surface area contributed by atoms with Crippen LogP contribution in [-0.4, -0.2) is 22.1 Å². The molecule has 2 aromatic heterocycles. The minimum Gasteiger partial charge on any atom is -0.465 e. The van der Waals surface area contributed by atoms with Crippen molar-refractivity contribution in [2.24, 2.45) is 0 Å². The second kappa shape index (κ2) is 6.87. The fourth-order valence-corrected chi connectivity index (χ4v) is 4.36. The lowest BCUT2D eigenvalue weighted by Crippen LogP contribution is -2.50. The summed E-state index contributed by atoms with van der Waals surface area (Å²) in [5, 5.41) is 6.02. The van der Waals surface area contributed by atoms with E-state index in [9.17, 15) is 4.39 Å². The summed E-state index contributed by atoms with van der Waals surface area (Å²) in [6, 6.07) is 13.4. The number of thiazole rings is 1. The fraction of sp³-hybridized carbons (Fsp3) is 0.238. The number of hydrogen-bond acceptors (Lipinski definition) is 5. The third-order valence-corrected chi connectivity index (χ3v) is 6.08. The Morgan fingerprint density at radius 1 is 1.15 bits per heavy atom. The van der Waals surface area contributed by atoms with E-state index in [1.165, 1.54) is 6.07 Å². The van der Waals surface area contributed by atoms with Crippen LogP contribution in [0.4, 0.5) is 4.39 Å². The Morgan fingerprint density at radius 2 is 2.07 bits per heavy atom. The van der Waals surface area contributed by atoms with Gasteiger partial charge in [0.25, 0.3) is 5.19 Å². The molecule has 136 valence electrons. The van der Waals surface area contributed by atoms with Crippen molar-refractivity contribution >= 4 is 32.3 Å². The Labute approximate surface area is 160 Å². The number of pyridine rings is 1. The maximum absolute atomic E-state index is 14.4. The summed E-state index contributed by atoms with van der Waals surface area (Å²) < 4.78 is 21.6. The normalized spacial score (nSPS) is 19.3. The number of para-hydroxylation sites is 1. The van der Waals surface area contributed by atoms with Crippen molar-refractivity contribution < 1.29 is 9.13 Å². The van der Waals surface area contributed by atoms with E-state index in [1.807, 2.05) is 24.3 Å². The zero-order valence-corrected chi connectivity index (χ0v) is 15.4. The highest BCUT2D eigenvalue weighted by Gasteiger charge is 2.33. The van der Waals surface area contributed by atoms with Gasteiger partial charge in [-0.05, 0) is 48.6 Å². The molecule has 1 N–H and O–H groups in total. The molecule has 27 heavy (non-hydrogen) atoms. The van der Waals surface area contributed by atoms with Crippen molar-refractivity contribution in [3.63, 3.8) is 0 Å². The predicted octanol–water partition coefficient (Wildman–Crippen LogP) is 4.68. The molecule has 2 aromatic carbocycles. The van der Waals surface area contributed by atoms with Gasteiger partial charge in [0.05, 0.1) is 10.2 Å². The van der Waals surface area contributed by atoms with Crippen molar-refractivity contribution in [3.05, 3.63) is 66.2 Å². The first-order valence-corrected chi connectivity index (χ1v) is 9.86. The van der Waals surface area contributed by atoms with Gasteiger partial charge < -0.3 is 10.1 Å². The summed E-state index contributed by atoms with van der Waals surface area (Å²) in [6.07, 6.45) is 5.54. The van der Waals surface area contributed by atoms with Crippen molar-refractivity contribution in [2.75, 3.05) is 0 Å². The Hall–Kier alpha value is -2.57. The van der Waals surface area contributed by atoms with Crippen LogP contribution in [0.3, 0.4) is 0 Å². The average molecular weight is 379 g/mol. The lowest BCUT2D eigenvalue weighted by atomic mass is 9.88. The quantitative estimate of drug-likeness (QED) is 0.547. The van der Waals surface area contributed by atoms with Gasteiger partial charge in [-0.15, -0.1) is 0 Å². The molecule has 0 saturated heterocycles. The van der Waals surface area contributed by atoms with E-state index in [1.54, 1.807) is 29.8 Å². The fourth-order valence-electron chi connectivity index (χ4n) is 3.49. The van der Waals surface area contributed by atoms with Gasteiger partial charge in [0.1, 0.15) is 11.9 Å². The summed E-state index contributed by atoms with van der Waals surface area (Å²) in [6.45, 7) is 0.470. The summed E-state index contributed by atoms with van der Waals surface area (Å²) in [5.41, 5.74) is 1.65. The lowest BCUT2D eigenvalue weighted by Gasteiger charge is -2.36. The first-order chi connectivity index (χ1) is 13.3. The maximum Gasteiger partial charge on any atom is 0.274 e. The van der Waals surface area contributed by atoms with Gasteiger partial charge in [-0.2, -0.15) is 0 Å². The number of benzene rings is 2. The molecule has 4 nitrogen and oxygen atoms in total. The monoisotopic (exact) mass is 379 g/mol. The smallest absolute Gasteiger partial charge is 0.274 e. The summed E-state index contributed by atoms with van der Waals surface area (Å²) in [7, 11) is 0. The Bertz CT molecular complexity index is 1080. The number of nitrogens with zero attached hydrogens (tertiary/aromatic N) is 2. The van der Waals surface area contributed by atoms with E-state index < -0.39 is 0 Å². The molecule has 0 spiro atoms. The first kappa shape index (κ1) is 16.6. The van der Waals surface area contributed by atoms with E-state index in [-0.39, 0.29) is 18.0 Å². The van der Waals surface area contributed by atoms with Gasteiger partial charge in [0.15, 0.2) is 0 Å². The molecule has 1 saturated carbocycles. The molecule has 0 unspecified atom stereocenters. The lowest BCUT2D eigenvalue weighted by molar-refractivity contribution is 0.0716. The number of fused-ring (bicyclic) bond motifs is 2. The third kappa shape index (κ3) is 3.15. The highest BCUT2D eigenvalue weighted by atomic mass is 32.1. The molecule has 1 aliphatic rings. The molecule has 2 atom stereocenters. The number of hydrogen-bond donors (Lipinski definition) is 1. The number of nitrogens with one attached hydrogen (secondary N) is 1. The predicted molar refractivity (Wildman–Crippen MR) is 106 cm³/mol. The molecular formula is C21H18FN3OS. The van der Waals surface area contributed by atoms with Crippen LogP contribution in [0.15, 0.2) is 54.9 Å². The van der Waals surface area contributed by atoms with Crippen LogP contribution in [-0.2, 0) is 6.54 Å². The zero-order chi connectivity index (χ0) is 18.2. The van der Waals surface area contributed by atoms with Crippen molar-refractivity contribution in [1.82, 2.24) is 15.3 Å². The van der Waals surface area contributed by atoms with E-state index >= 15 is 0 Å². The highest BCUT2D eigenvalue weighted by Crippen LogP contribution is 2.32. The van der Waals surface area contributed by atoms with Gasteiger partial charge in [0.2, 0.25) is 0 Å². The van der Waals surface area contributed by atoms with E-state index in [4.69, 9.17) is 4.74 Å². The highest BCUT2D eigenvalue weighted by molar-refractivity contribution is 7.20. The first-order valence-electron chi connectivity index (χ1n) is 9.04. The van der Waals surface area contributed by atoms with Crippen LogP contribution in [0.25, 0.3) is 21.0 Å². The van der Waals surface area contributed by atoms with E-state index in [2.05, 4.69) is 21.4 Å². The Kier molecular flexibility index (Phi) is 4.22. The third-order valence-electron chi connectivity index (χ3n) is 5.15. The van der Waals surface area contributed by atoms with Gasteiger partial charge in [-0.3, -0.25) is 4.98 Å². The summed E-state index contributed by atoms with van der Waals surface area (Å²) >= 11 is 1.57. The molecule has 4 aromatic rings. The van der Waals surface area contributed by atoms with Crippen LogP contribution in [0.1, 0.15) is 18.4 Å². The van der Waals surface area contributed by atoms with Gasteiger partial charge in [0, 0.05) is 35.9 Å². The molecule has 1 aliphatic carbocycles. The van der Waals surface area contributed by atoms with E-state index in [0.29, 0.717) is 17.3 Å². The van der Waals surface area contributed by atoms with Crippen LogP contribution in [0.5, 0.6) is 5.19 Å². The number of rotatable bonds is 5. The second-order valence-corrected chi connectivity index (χ2v) is 7.78. The van der Waals surface area contributed by atoms with Crippen LogP contribution < -0.4 is 10.1 Å². The Morgan fingerprint density at radius 3 is 2.93 bits per heavy atom. The van der Waals surface area contributed by atoms with Crippen molar-refractivity contribution in [2.45, 2.75) is 31.5 Å². The summed E-state index contributed by atoms with van der Waals surface area (Å²) in [5.74, 6) is -0.191. The van der Waals surface area contributed by atoms with Crippen LogP contribution in [0.2, 0.25) is 0 Å². The maximum atomic E-state index is 14.4. The average Bonchev–Trinajstić information content (AvgIpc) is 3.10. The topological polar surface area (TPSA) is 47.0 Å². The van der Waals surface area contributed by atoms with Crippen molar-refractivity contribution in [1.29, 1.82) is 0 Å². The molecule has 0 bridgehead atoms. The largest absolute Gasteiger partial charge is 0.465 e. The van der Waals surface area contributed by atoms with Gasteiger partial charge >= 0.3 is 0 Å². The molecule has 6 heteroatoms. The molecule has 0 aliphatic heterocycles. The minimum atomic E-state index is -0.191. The standard InChI is InChI=1S/C21H18FN3OS/c22-16-6-5-13-11-23-10-9-14(13)15(16)12-24-17-7-8-19(17)26-21-25-18-3-1-2-4-20(18)27-21/h1-6,9-11,17,19,24H,7-8,12H2/t17-,19-/m1/s1. The molecule has 0 radical (unpaired) electrons. The molecule has 5 rings (SSSR count). The number of halogens is 1. The van der Waals surface area contributed by atoms with Crippen molar-refractivity contribution in [3.8, 4) is 5.19 Å². The number of aromatic nitrogens is 2. The molecule has 0 amide bonds. The number of ether oxygens (including phenoxy) is 1. The zero-order valence-electron chi connectivity index (χ0n) is 14.6. The molecular weight excluding hydrogens is 361 g/mol. The second-order valence-electron chi connectivity index (χ2n) is 6.79. The summed E-state index contributed by atoms with van der Waals surface area (Å²) in [4.78, 5) is 8.66.